The monoisotopic (exact) mass is 365 g/mol. The molecule has 2 aliphatic rings. The summed E-state index contributed by atoms with van der Waals surface area (Å²) >= 11 is 0. The van der Waals surface area contributed by atoms with Gasteiger partial charge in [0.05, 0.1) is 0 Å². The molecule has 3 rings (SSSR count). The minimum Gasteiger partial charge on any atom is -0.339 e. The van der Waals surface area contributed by atoms with Gasteiger partial charge in [-0.05, 0) is 50.7 Å². The van der Waals surface area contributed by atoms with Gasteiger partial charge in [0.15, 0.2) is 0 Å². The summed E-state index contributed by atoms with van der Waals surface area (Å²) in [5.41, 5.74) is 0. The van der Waals surface area contributed by atoms with Gasteiger partial charge in [-0.3, -0.25) is 9.78 Å². The number of carbonyl (C=O) groups excluding carboxylic acids is 1. The number of likely N-dealkylation sites (tertiary alicyclic amines) is 1. The van der Waals surface area contributed by atoms with Gasteiger partial charge in [-0.1, -0.05) is 6.92 Å². The topological polar surface area (TPSA) is 70.6 Å². The fourth-order valence-electron chi connectivity index (χ4n) is 3.94. The number of hydrogen-bond acceptors (Lipinski definition) is 4. The first-order valence-electron chi connectivity index (χ1n) is 9.24. The molecule has 2 fully saturated rings. The van der Waals surface area contributed by atoms with E-state index < -0.39 is 10.0 Å². The summed E-state index contributed by atoms with van der Waals surface area (Å²) in [6, 6.07) is 3.56. The second kappa shape index (κ2) is 7.83. The number of rotatable bonds is 4. The fraction of sp³-hybridized carbons (Fsp3) is 0.667. The molecular weight excluding hydrogens is 338 g/mol. The van der Waals surface area contributed by atoms with Crippen LogP contribution in [-0.4, -0.2) is 54.2 Å². The number of nitrogens with zero attached hydrogens (tertiary/aromatic N) is 3. The number of carbonyl (C=O) groups is 1. The maximum Gasteiger partial charge on any atom is 0.244 e. The van der Waals surface area contributed by atoms with Crippen molar-refractivity contribution in [2.75, 3.05) is 19.6 Å². The number of aromatic nitrogens is 1. The standard InChI is InChI=1S/C18H27N3O3S/c1-2-16-6-3-4-11-21(16)18(22)15-8-12-20(13-9-15)25(23,24)17-7-5-10-19-14-17/h5,7,10,14-16H,2-4,6,8-9,11-13H2,1H3. The molecule has 3 heterocycles. The minimum atomic E-state index is -3.51. The van der Waals surface area contributed by atoms with Crippen molar-refractivity contribution in [3.63, 3.8) is 0 Å². The molecule has 25 heavy (non-hydrogen) atoms. The zero-order chi connectivity index (χ0) is 17.9. The van der Waals surface area contributed by atoms with Gasteiger partial charge in [0, 0.05) is 44.0 Å². The van der Waals surface area contributed by atoms with Crippen molar-refractivity contribution in [3.8, 4) is 0 Å². The van der Waals surface area contributed by atoms with E-state index in [0.717, 1.165) is 25.8 Å². The summed E-state index contributed by atoms with van der Waals surface area (Å²) in [5, 5.41) is 0. The summed E-state index contributed by atoms with van der Waals surface area (Å²) < 4.78 is 26.8. The highest BCUT2D eigenvalue weighted by atomic mass is 32.2. The average molecular weight is 365 g/mol. The normalized spacial score (nSPS) is 23.6. The van der Waals surface area contributed by atoms with Crippen molar-refractivity contribution in [3.05, 3.63) is 24.5 Å². The maximum absolute atomic E-state index is 12.9. The van der Waals surface area contributed by atoms with Gasteiger partial charge in [0.25, 0.3) is 0 Å². The molecular formula is C18H27N3O3S. The third-order valence-corrected chi connectivity index (χ3v) is 7.34. The molecule has 138 valence electrons. The molecule has 0 radical (unpaired) electrons. The largest absolute Gasteiger partial charge is 0.339 e. The third kappa shape index (κ3) is 3.87. The molecule has 0 aliphatic carbocycles. The molecule has 1 amide bonds. The molecule has 7 heteroatoms. The van der Waals surface area contributed by atoms with Crippen molar-refractivity contribution in [2.24, 2.45) is 5.92 Å². The molecule has 0 spiro atoms. The summed E-state index contributed by atoms with van der Waals surface area (Å²) in [6.07, 6.45) is 8.52. The van der Waals surface area contributed by atoms with Crippen LogP contribution in [0.15, 0.2) is 29.4 Å². The summed E-state index contributed by atoms with van der Waals surface area (Å²) in [6.45, 7) is 3.79. The van der Waals surface area contributed by atoms with Crippen LogP contribution in [0.1, 0.15) is 45.4 Å². The van der Waals surface area contributed by atoms with E-state index in [2.05, 4.69) is 16.8 Å². The fourth-order valence-corrected chi connectivity index (χ4v) is 5.38. The molecule has 0 aromatic carbocycles. The van der Waals surface area contributed by atoms with E-state index in [1.807, 2.05) is 0 Å². The highest BCUT2D eigenvalue weighted by Crippen LogP contribution is 2.28. The molecule has 0 bridgehead atoms. The van der Waals surface area contributed by atoms with E-state index in [1.165, 1.54) is 16.9 Å². The van der Waals surface area contributed by atoms with E-state index in [4.69, 9.17) is 0 Å². The Hall–Kier alpha value is -1.47. The molecule has 1 unspecified atom stereocenters. The Morgan fingerprint density at radius 3 is 2.60 bits per heavy atom. The first-order chi connectivity index (χ1) is 12.0. The molecule has 1 aromatic rings. The summed E-state index contributed by atoms with van der Waals surface area (Å²) in [5.74, 6) is 0.178. The first kappa shape index (κ1) is 18.3. The molecule has 0 saturated carbocycles. The number of sulfonamides is 1. The lowest BCUT2D eigenvalue weighted by molar-refractivity contribution is -0.140. The molecule has 2 aliphatic heterocycles. The zero-order valence-corrected chi connectivity index (χ0v) is 15.6. The van der Waals surface area contributed by atoms with Gasteiger partial charge in [-0.2, -0.15) is 4.31 Å². The Kier molecular flexibility index (Phi) is 5.74. The Balaban J connectivity index is 1.63. The van der Waals surface area contributed by atoms with Crippen LogP contribution < -0.4 is 0 Å². The predicted octanol–water partition coefficient (Wildman–Crippen LogP) is 2.27. The van der Waals surface area contributed by atoms with Gasteiger partial charge in [-0.25, -0.2) is 8.42 Å². The van der Waals surface area contributed by atoms with Crippen molar-refractivity contribution >= 4 is 15.9 Å². The van der Waals surface area contributed by atoms with Gasteiger partial charge in [0.1, 0.15) is 4.90 Å². The summed E-state index contributed by atoms with van der Waals surface area (Å²) in [7, 11) is -3.51. The van der Waals surface area contributed by atoms with Crippen LogP contribution in [-0.2, 0) is 14.8 Å². The van der Waals surface area contributed by atoms with Crippen molar-refractivity contribution < 1.29 is 13.2 Å². The summed E-state index contributed by atoms with van der Waals surface area (Å²) in [4.78, 5) is 19.1. The zero-order valence-electron chi connectivity index (χ0n) is 14.8. The molecule has 1 atom stereocenters. The van der Waals surface area contributed by atoms with E-state index in [9.17, 15) is 13.2 Å². The van der Waals surface area contributed by atoms with Gasteiger partial charge >= 0.3 is 0 Å². The molecule has 1 aromatic heterocycles. The highest BCUT2D eigenvalue weighted by molar-refractivity contribution is 7.89. The first-order valence-corrected chi connectivity index (χ1v) is 10.7. The van der Waals surface area contributed by atoms with Crippen LogP contribution in [0.4, 0.5) is 0 Å². The Morgan fingerprint density at radius 1 is 1.20 bits per heavy atom. The van der Waals surface area contributed by atoms with Crippen molar-refractivity contribution in [1.29, 1.82) is 0 Å². The van der Waals surface area contributed by atoms with Crippen LogP contribution in [0.2, 0.25) is 0 Å². The number of hydrogen-bond donors (Lipinski definition) is 0. The Bertz CT molecular complexity index is 685. The lowest BCUT2D eigenvalue weighted by Gasteiger charge is -2.39. The minimum absolute atomic E-state index is 0.0486. The number of pyridine rings is 1. The highest BCUT2D eigenvalue weighted by Gasteiger charge is 2.35. The Morgan fingerprint density at radius 2 is 1.96 bits per heavy atom. The predicted molar refractivity (Wildman–Crippen MR) is 95.4 cm³/mol. The third-order valence-electron chi connectivity index (χ3n) is 5.46. The lowest BCUT2D eigenvalue weighted by atomic mass is 9.92. The van der Waals surface area contributed by atoms with Gasteiger partial charge < -0.3 is 4.90 Å². The van der Waals surface area contributed by atoms with E-state index in [0.29, 0.717) is 32.0 Å². The van der Waals surface area contributed by atoms with Crippen LogP contribution in [0.3, 0.4) is 0 Å². The van der Waals surface area contributed by atoms with E-state index in [-0.39, 0.29) is 16.7 Å². The van der Waals surface area contributed by atoms with Crippen LogP contribution >= 0.6 is 0 Å². The van der Waals surface area contributed by atoms with Crippen LogP contribution in [0.5, 0.6) is 0 Å². The maximum atomic E-state index is 12.9. The van der Waals surface area contributed by atoms with Crippen LogP contribution in [0, 0.1) is 5.92 Å². The molecule has 0 N–H and O–H groups in total. The number of amides is 1. The number of piperidine rings is 2. The van der Waals surface area contributed by atoms with Crippen molar-refractivity contribution in [1.82, 2.24) is 14.2 Å². The Labute approximate surface area is 150 Å². The second-order valence-electron chi connectivity index (χ2n) is 6.96. The van der Waals surface area contributed by atoms with E-state index in [1.54, 1.807) is 18.3 Å². The second-order valence-corrected chi connectivity index (χ2v) is 8.89. The van der Waals surface area contributed by atoms with Crippen molar-refractivity contribution in [2.45, 2.75) is 56.4 Å². The van der Waals surface area contributed by atoms with Crippen LogP contribution in [0.25, 0.3) is 0 Å². The SMILES string of the molecule is CCC1CCCCN1C(=O)C1CCN(S(=O)(=O)c2cccnc2)CC1. The smallest absolute Gasteiger partial charge is 0.244 e. The van der Waals surface area contributed by atoms with Gasteiger partial charge in [-0.15, -0.1) is 0 Å². The molecule has 2 saturated heterocycles. The van der Waals surface area contributed by atoms with E-state index >= 15 is 0 Å². The average Bonchev–Trinajstić information content (AvgIpc) is 2.68. The quantitative estimate of drug-likeness (QED) is 0.821. The lowest BCUT2D eigenvalue weighted by Crippen LogP contribution is -2.49. The molecule has 6 nitrogen and oxygen atoms in total. The van der Waals surface area contributed by atoms with Gasteiger partial charge in [0.2, 0.25) is 15.9 Å².